The summed E-state index contributed by atoms with van der Waals surface area (Å²) in [6, 6.07) is 19.2. The Morgan fingerprint density at radius 3 is 1.33 bits per heavy atom. The van der Waals surface area contributed by atoms with Crippen LogP contribution in [0.15, 0.2) is 70.6 Å². The van der Waals surface area contributed by atoms with Crippen molar-refractivity contribution in [2.24, 2.45) is 21.5 Å². The van der Waals surface area contributed by atoms with Gasteiger partial charge in [-0.3, -0.25) is 21.5 Å². The van der Waals surface area contributed by atoms with E-state index in [1.807, 2.05) is 60.7 Å². The average Bonchev–Trinajstić information content (AvgIpc) is 2.86. The predicted octanol–water partition coefficient (Wildman–Crippen LogP) is 3.53. The topological polar surface area (TPSA) is 155 Å². The average molecular weight is 493 g/mol. The quantitative estimate of drug-likeness (QED) is 0.208. The molecule has 0 heterocycles. The van der Waals surface area contributed by atoms with Crippen LogP contribution in [0.25, 0.3) is 0 Å². The summed E-state index contributed by atoms with van der Waals surface area (Å²) in [7, 11) is 0. The van der Waals surface area contributed by atoms with E-state index in [-0.39, 0.29) is 11.9 Å². The molecule has 0 aromatic heterocycles. The van der Waals surface area contributed by atoms with Gasteiger partial charge in [0.25, 0.3) is 0 Å². The van der Waals surface area contributed by atoms with Crippen LogP contribution >= 0.6 is 0 Å². The summed E-state index contributed by atoms with van der Waals surface area (Å²) >= 11 is 0. The fourth-order valence-electron chi connectivity index (χ4n) is 3.43. The first kappa shape index (κ1) is 28.2. The first-order valence-electron chi connectivity index (χ1n) is 12.4. The van der Waals surface area contributed by atoms with Crippen molar-refractivity contribution >= 4 is 35.2 Å². The van der Waals surface area contributed by atoms with E-state index in [1.165, 1.54) is 0 Å². The SMILES string of the molecule is CCCCN(CCN(CCCC)C(=Nc1ccccc1)NC(=N)N)C(=Nc1ccccc1)NC(=N)N. The van der Waals surface area contributed by atoms with E-state index in [2.05, 4.69) is 34.3 Å². The van der Waals surface area contributed by atoms with Gasteiger partial charge >= 0.3 is 0 Å². The van der Waals surface area contributed by atoms with Gasteiger partial charge in [0.1, 0.15) is 0 Å². The molecule has 10 heteroatoms. The lowest BCUT2D eigenvalue weighted by Gasteiger charge is -2.31. The molecule has 36 heavy (non-hydrogen) atoms. The number of aliphatic imine (C=N–C) groups is 2. The summed E-state index contributed by atoms with van der Waals surface area (Å²) in [6.45, 7) is 6.97. The molecule has 8 N–H and O–H groups in total. The first-order chi connectivity index (χ1) is 17.4. The molecule has 2 aromatic carbocycles. The van der Waals surface area contributed by atoms with Gasteiger partial charge in [-0.15, -0.1) is 0 Å². The number of hydrogen-bond donors (Lipinski definition) is 6. The number of hydrogen-bond acceptors (Lipinski definition) is 4. The molecular weight excluding hydrogens is 452 g/mol. The van der Waals surface area contributed by atoms with Crippen LogP contribution in [0, 0.1) is 10.8 Å². The van der Waals surface area contributed by atoms with Crippen molar-refractivity contribution in [1.29, 1.82) is 10.8 Å². The number of nitrogens with zero attached hydrogens (tertiary/aromatic N) is 4. The number of nitrogens with one attached hydrogen (secondary N) is 4. The number of nitrogens with two attached hydrogens (primary N) is 2. The van der Waals surface area contributed by atoms with Gasteiger partial charge < -0.3 is 21.3 Å². The molecule has 0 aliphatic carbocycles. The van der Waals surface area contributed by atoms with Crippen molar-refractivity contribution in [3.63, 3.8) is 0 Å². The van der Waals surface area contributed by atoms with Gasteiger partial charge in [0.2, 0.25) is 11.9 Å². The van der Waals surface area contributed by atoms with E-state index in [1.54, 1.807) is 0 Å². The minimum atomic E-state index is -0.168. The number of para-hydroxylation sites is 2. The Morgan fingerprint density at radius 2 is 1.03 bits per heavy atom. The summed E-state index contributed by atoms with van der Waals surface area (Å²) < 4.78 is 0. The summed E-state index contributed by atoms with van der Waals surface area (Å²) in [6.07, 6.45) is 3.95. The second-order valence-electron chi connectivity index (χ2n) is 8.30. The minimum Gasteiger partial charge on any atom is -0.370 e. The van der Waals surface area contributed by atoms with Gasteiger partial charge in [0, 0.05) is 26.2 Å². The molecule has 0 unspecified atom stereocenters. The van der Waals surface area contributed by atoms with Crippen molar-refractivity contribution in [2.45, 2.75) is 39.5 Å². The molecule has 0 aliphatic rings. The normalized spacial score (nSPS) is 11.6. The van der Waals surface area contributed by atoms with Crippen LogP contribution in [0.4, 0.5) is 11.4 Å². The fourth-order valence-corrected chi connectivity index (χ4v) is 3.43. The van der Waals surface area contributed by atoms with Gasteiger partial charge in [-0.1, -0.05) is 63.1 Å². The zero-order chi connectivity index (χ0) is 26.2. The van der Waals surface area contributed by atoms with Crippen LogP contribution in [0.3, 0.4) is 0 Å². The molecule has 2 aromatic rings. The molecule has 0 saturated heterocycles. The van der Waals surface area contributed by atoms with Crippen LogP contribution < -0.4 is 22.1 Å². The highest BCUT2D eigenvalue weighted by molar-refractivity contribution is 5.98. The molecule has 0 radical (unpaired) electrons. The van der Waals surface area contributed by atoms with E-state index in [0.717, 1.165) is 50.1 Å². The van der Waals surface area contributed by atoms with E-state index in [4.69, 9.17) is 32.3 Å². The Morgan fingerprint density at radius 1 is 0.667 bits per heavy atom. The van der Waals surface area contributed by atoms with Crippen molar-refractivity contribution in [3.05, 3.63) is 60.7 Å². The maximum Gasteiger partial charge on any atom is 0.206 e. The molecule has 0 fully saturated rings. The molecule has 0 saturated carbocycles. The Balaban J connectivity index is 2.35. The lowest BCUT2D eigenvalue weighted by atomic mass is 10.3. The maximum absolute atomic E-state index is 7.82. The van der Waals surface area contributed by atoms with Gasteiger partial charge in [-0.05, 0) is 37.1 Å². The zero-order valence-corrected chi connectivity index (χ0v) is 21.4. The third kappa shape index (κ3) is 10.5. The minimum absolute atomic E-state index is 0.168. The second kappa shape index (κ2) is 15.8. The number of guanidine groups is 4. The van der Waals surface area contributed by atoms with Crippen LogP contribution in [0.2, 0.25) is 0 Å². The highest BCUT2D eigenvalue weighted by atomic mass is 15.4. The van der Waals surface area contributed by atoms with Crippen molar-refractivity contribution in [3.8, 4) is 0 Å². The highest BCUT2D eigenvalue weighted by Crippen LogP contribution is 2.13. The molecule has 0 amide bonds. The Labute approximate surface area is 214 Å². The van der Waals surface area contributed by atoms with Crippen LogP contribution in [-0.2, 0) is 0 Å². The van der Waals surface area contributed by atoms with Gasteiger partial charge in [-0.2, -0.15) is 0 Å². The van der Waals surface area contributed by atoms with Crippen molar-refractivity contribution in [2.75, 3.05) is 26.2 Å². The smallest absolute Gasteiger partial charge is 0.206 e. The molecule has 0 spiro atoms. The lowest BCUT2D eigenvalue weighted by Crippen LogP contribution is -2.52. The Kier molecular flexibility index (Phi) is 12.3. The molecule has 0 bridgehead atoms. The van der Waals surface area contributed by atoms with Crippen molar-refractivity contribution < 1.29 is 0 Å². The zero-order valence-electron chi connectivity index (χ0n) is 21.4. The van der Waals surface area contributed by atoms with E-state index in [0.29, 0.717) is 25.0 Å². The molecule has 0 aliphatic heterocycles. The molecule has 2 rings (SSSR count). The fraction of sp³-hybridized carbons (Fsp3) is 0.385. The van der Waals surface area contributed by atoms with Crippen molar-refractivity contribution in [1.82, 2.24) is 20.4 Å². The summed E-state index contributed by atoms with van der Waals surface area (Å²) in [4.78, 5) is 13.7. The molecular formula is C26H40N10. The summed E-state index contributed by atoms with van der Waals surface area (Å²) in [5, 5.41) is 21.5. The predicted molar refractivity (Wildman–Crippen MR) is 150 cm³/mol. The largest absolute Gasteiger partial charge is 0.370 e. The highest BCUT2D eigenvalue weighted by Gasteiger charge is 2.17. The number of benzene rings is 2. The lowest BCUT2D eigenvalue weighted by molar-refractivity contribution is 0.323. The van der Waals surface area contributed by atoms with Crippen LogP contribution in [0.1, 0.15) is 39.5 Å². The van der Waals surface area contributed by atoms with Gasteiger partial charge in [-0.25, -0.2) is 9.98 Å². The van der Waals surface area contributed by atoms with Gasteiger partial charge in [0.15, 0.2) is 11.9 Å². The van der Waals surface area contributed by atoms with E-state index < -0.39 is 0 Å². The number of rotatable bonds is 11. The first-order valence-corrected chi connectivity index (χ1v) is 12.4. The van der Waals surface area contributed by atoms with E-state index in [9.17, 15) is 0 Å². The Hall–Kier alpha value is -4.08. The second-order valence-corrected chi connectivity index (χ2v) is 8.30. The summed E-state index contributed by atoms with van der Waals surface area (Å²) in [5.41, 5.74) is 13.0. The number of unbranched alkanes of at least 4 members (excludes halogenated alkanes) is 2. The van der Waals surface area contributed by atoms with Gasteiger partial charge in [0.05, 0.1) is 11.4 Å². The summed E-state index contributed by atoms with van der Waals surface area (Å²) in [5.74, 6) is 0.717. The monoisotopic (exact) mass is 492 g/mol. The Bertz CT molecular complexity index is 907. The standard InChI is InChI=1S/C26H40N10/c1-3-5-17-35(25(33-23(27)28)31-21-13-9-7-10-14-21)19-20-36(18-6-4-2)26(34-24(29)30)32-22-15-11-8-12-16-22/h7-16H,3-6,17-20H2,1-2H3,(H4,27,28,31,33)(H4,29,30,32,34). The molecule has 194 valence electrons. The van der Waals surface area contributed by atoms with Crippen LogP contribution in [-0.4, -0.2) is 59.8 Å². The third-order valence-corrected chi connectivity index (χ3v) is 5.28. The maximum atomic E-state index is 7.82. The van der Waals surface area contributed by atoms with Crippen LogP contribution in [0.5, 0.6) is 0 Å². The van der Waals surface area contributed by atoms with E-state index >= 15 is 0 Å². The molecule has 0 atom stereocenters. The third-order valence-electron chi connectivity index (χ3n) is 5.28. The molecule has 10 nitrogen and oxygen atoms in total.